The molecular formula is C27H32FN3OS2. The molecule has 0 unspecified atom stereocenters. The minimum Gasteiger partial charge on any atom is -0.483 e. The first-order valence-corrected chi connectivity index (χ1v) is 14.2. The van der Waals surface area contributed by atoms with Crippen molar-refractivity contribution in [2.24, 2.45) is 17.8 Å². The summed E-state index contributed by atoms with van der Waals surface area (Å²) in [6.07, 6.45) is 5.40. The lowest BCUT2D eigenvalue weighted by Gasteiger charge is -2.30. The Morgan fingerprint density at radius 1 is 1.03 bits per heavy atom. The number of hydrogen-bond donors (Lipinski definition) is 0. The second-order valence-electron chi connectivity index (χ2n) is 9.58. The summed E-state index contributed by atoms with van der Waals surface area (Å²) in [5, 5.41) is 10.0. The van der Waals surface area contributed by atoms with Gasteiger partial charge in [-0.25, -0.2) is 4.39 Å². The van der Waals surface area contributed by atoms with Gasteiger partial charge < -0.3 is 4.74 Å². The van der Waals surface area contributed by atoms with Crippen LogP contribution in [0.15, 0.2) is 58.6 Å². The second-order valence-corrected chi connectivity index (χ2v) is 11.8. The Bertz CT molecular complexity index is 1100. The minimum absolute atomic E-state index is 0.220. The van der Waals surface area contributed by atoms with Gasteiger partial charge in [0.2, 0.25) is 0 Å². The molecule has 3 aromatic rings. The van der Waals surface area contributed by atoms with E-state index in [4.69, 9.17) is 4.74 Å². The number of nitrogens with zero attached hydrogens (tertiary/aromatic N) is 3. The normalized spacial score (nSPS) is 22.3. The van der Waals surface area contributed by atoms with E-state index in [0.29, 0.717) is 12.0 Å². The Morgan fingerprint density at radius 3 is 2.56 bits per heavy atom. The van der Waals surface area contributed by atoms with Crippen LogP contribution in [0.4, 0.5) is 4.39 Å². The predicted octanol–water partition coefficient (Wildman–Crippen LogP) is 7.19. The molecule has 4 nitrogen and oxygen atoms in total. The summed E-state index contributed by atoms with van der Waals surface area (Å²) in [7, 11) is 0. The van der Waals surface area contributed by atoms with Gasteiger partial charge in [0, 0.05) is 22.4 Å². The van der Waals surface area contributed by atoms with Crippen molar-refractivity contribution in [3.8, 4) is 5.75 Å². The lowest BCUT2D eigenvalue weighted by Crippen LogP contribution is -2.24. The number of hydrogen-bond acceptors (Lipinski definition) is 5. The highest BCUT2D eigenvalue weighted by atomic mass is 32.2. The van der Waals surface area contributed by atoms with E-state index in [-0.39, 0.29) is 18.2 Å². The lowest BCUT2D eigenvalue weighted by atomic mass is 9.84. The van der Waals surface area contributed by atoms with Gasteiger partial charge in [-0.05, 0) is 75.1 Å². The van der Waals surface area contributed by atoms with Crippen molar-refractivity contribution in [1.82, 2.24) is 14.8 Å². The van der Waals surface area contributed by atoms with Gasteiger partial charge >= 0.3 is 0 Å². The number of aryl methyl sites for hydroxylation is 1. The fraction of sp³-hybridized carbons (Fsp3) is 0.481. The fourth-order valence-electron chi connectivity index (χ4n) is 5.62. The van der Waals surface area contributed by atoms with E-state index < -0.39 is 0 Å². The Balaban J connectivity index is 1.28. The minimum atomic E-state index is -0.350. The number of aromatic nitrogens is 3. The van der Waals surface area contributed by atoms with E-state index in [0.717, 1.165) is 34.3 Å². The predicted molar refractivity (Wildman–Crippen MR) is 137 cm³/mol. The van der Waals surface area contributed by atoms with Crippen LogP contribution in [0.3, 0.4) is 0 Å². The summed E-state index contributed by atoms with van der Waals surface area (Å²) in [5.74, 6) is 4.99. The van der Waals surface area contributed by atoms with Gasteiger partial charge in [0.05, 0.1) is 0 Å². The van der Waals surface area contributed by atoms with Gasteiger partial charge in [-0.2, -0.15) is 0 Å². The van der Waals surface area contributed by atoms with E-state index >= 15 is 0 Å². The molecule has 34 heavy (non-hydrogen) atoms. The van der Waals surface area contributed by atoms with Gasteiger partial charge in [-0.1, -0.05) is 48.0 Å². The first kappa shape index (κ1) is 23.7. The molecule has 2 aliphatic carbocycles. The van der Waals surface area contributed by atoms with Gasteiger partial charge in [0.25, 0.3) is 0 Å². The average Bonchev–Trinajstić information content (AvgIpc) is 3.58. The Kier molecular flexibility index (Phi) is 7.49. The molecule has 0 aliphatic heterocycles. The van der Waals surface area contributed by atoms with Crippen molar-refractivity contribution in [3.05, 3.63) is 65.7 Å². The summed E-state index contributed by atoms with van der Waals surface area (Å²) in [5.41, 5.74) is 1.28. The highest BCUT2D eigenvalue weighted by molar-refractivity contribution is 8.02. The first-order valence-electron chi connectivity index (χ1n) is 12.2. The van der Waals surface area contributed by atoms with Crippen LogP contribution in [0, 0.1) is 30.5 Å². The summed E-state index contributed by atoms with van der Waals surface area (Å²) < 4.78 is 22.2. The first-order chi connectivity index (χ1) is 16.6. The van der Waals surface area contributed by atoms with E-state index in [1.54, 1.807) is 30.0 Å². The van der Waals surface area contributed by atoms with Crippen molar-refractivity contribution in [2.75, 3.05) is 11.5 Å². The average molecular weight is 498 g/mol. The highest BCUT2D eigenvalue weighted by Gasteiger charge is 2.43. The maximum atomic E-state index is 14.1. The van der Waals surface area contributed by atoms with Gasteiger partial charge in [-0.15, -0.1) is 22.0 Å². The molecule has 2 aromatic carbocycles. The smallest absolute Gasteiger partial charge is 0.191 e. The molecular weight excluding hydrogens is 465 g/mol. The maximum absolute atomic E-state index is 14.1. The third-order valence-corrected chi connectivity index (χ3v) is 9.57. The molecule has 2 saturated carbocycles. The Hall–Kier alpha value is -1.99. The molecule has 0 saturated heterocycles. The Morgan fingerprint density at radius 2 is 1.82 bits per heavy atom. The molecule has 0 N–H and O–H groups in total. The molecule has 2 bridgehead atoms. The molecule has 2 aliphatic rings. The molecule has 0 spiro atoms. The van der Waals surface area contributed by atoms with Crippen molar-refractivity contribution in [3.63, 3.8) is 0 Å². The molecule has 4 atom stereocenters. The van der Waals surface area contributed by atoms with Gasteiger partial charge in [0.15, 0.2) is 22.5 Å². The third kappa shape index (κ3) is 5.30. The third-order valence-electron chi connectivity index (χ3n) is 7.35. The van der Waals surface area contributed by atoms with Crippen LogP contribution in [0.2, 0.25) is 0 Å². The number of halogens is 1. The molecule has 0 amide bonds. The number of fused-ring (bicyclic) bond motifs is 2. The Labute approximate surface area is 210 Å². The van der Waals surface area contributed by atoms with Crippen LogP contribution in [-0.2, 0) is 6.61 Å². The largest absolute Gasteiger partial charge is 0.483 e. The molecule has 1 aromatic heterocycles. The van der Waals surface area contributed by atoms with Crippen LogP contribution in [0.1, 0.15) is 50.0 Å². The number of benzene rings is 2. The van der Waals surface area contributed by atoms with Crippen molar-refractivity contribution >= 4 is 23.5 Å². The molecule has 5 rings (SSSR count). The highest BCUT2D eigenvalue weighted by Crippen LogP contribution is 2.52. The molecule has 0 radical (unpaired) electrons. The van der Waals surface area contributed by atoms with Crippen LogP contribution >= 0.6 is 23.5 Å². The lowest BCUT2D eigenvalue weighted by molar-refractivity contribution is 0.215. The van der Waals surface area contributed by atoms with Gasteiger partial charge in [-0.3, -0.25) is 4.57 Å². The van der Waals surface area contributed by atoms with Crippen molar-refractivity contribution in [1.29, 1.82) is 0 Å². The summed E-state index contributed by atoms with van der Waals surface area (Å²) >= 11 is 3.63. The summed E-state index contributed by atoms with van der Waals surface area (Å²) in [4.78, 5) is 1.29. The number of rotatable bonds is 10. The fourth-order valence-corrected chi connectivity index (χ4v) is 7.54. The van der Waals surface area contributed by atoms with Crippen molar-refractivity contribution < 1.29 is 9.13 Å². The standard InChI is InChI=1S/C27H32FN3OS2/c1-18-7-11-22(12-8-18)33-13-14-34-27-30-29-26(17-32-25-6-4-3-5-24(25)28)31(27)19(2)23-16-20-9-10-21(23)15-20/h3-8,11-12,19-21,23H,9-10,13-17H2,1-2H3/t19-,20-,21-,23+/m0/s1. The molecule has 1 heterocycles. The summed E-state index contributed by atoms with van der Waals surface area (Å²) in [6, 6.07) is 15.5. The molecule has 180 valence electrons. The zero-order chi connectivity index (χ0) is 23.5. The van der Waals surface area contributed by atoms with Crippen molar-refractivity contribution in [2.45, 2.75) is 62.2 Å². The zero-order valence-corrected chi connectivity index (χ0v) is 21.5. The van der Waals surface area contributed by atoms with E-state index in [9.17, 15) is 4.39 Å². The van der Waals surface area contributed by atoms with E-state index in [1.807, 2.05) is 11.8 Å². The summed E-state index contributed by atoms with van der Waals surface area (Å²) in [6.45, 7) is 4.64. The number of thioether (sulfide) groups is 2. The second kappa shape index (κ2) is 10.7. The van der Waals surface area contributed by atoms with Gasteiger partial charge in [0.1, 0.15) is 6.61 Å². The molecule has 7 heteroatoms. The van der Waals surface area contributed by atoms with Crippen LogP contribution in [0.5, 0.6) is 5.75 Å². The van der Waals surface area contributed by atoms with Crippen LogP contribution in [-0.4, -0.2) is 26.3 Å². The maximum Gasteiger partial charge on any atom is 0.191 e. The number of ether oxygens (including phenoxy) is 1. The topological polar surface area (TPSA) is 39.9 Å². The van der Waals surface area contributed by atoms with Crippen LogP contribution < -0.4 is 4.74 Å². The van der Waals surface area contributed by atoms with E-state index in [1.165, 1.54) is 42.2 Å². The SMILES string of the molecule is Cc1ccc(SCCSc2nnc(COc3ccccc3F)n2[C@@H](C)[C@H]2C[C@H]3CC[C@H]2C3)cc1. The number of para-hydroxylation sites is 1. The van der Waals surface area contributed by atoms with Crippen LogP contribution in [0.25, 0.3) is 0 Å². The molecule has 2 fully saturated rings. The zero-order valence-electron chi connectivity index (χ0n) is 19.8. The van der Waals surface area contributed by atoms with E-state index in [2.05, 4.69) is 52.9 Å². The quantitative estimate of drug-likeness (QED) is 0.219. The monoisotopic (exact) mass is 497 g/mol.